The molecular weight excluding hydrogens is 366 g/mol. The number of fused-ring (bicyclic) bond motifs is 1. The number of imidazole rings is 1. The van der Waals surface area contributed by atoms with Crippen LogP contribution in [0.5, 0.6) is 0 Å². The number of anilines is 1. The number of benzene rings is 1. The van der Waals surface area contributed by atoms with Crippen molar-refractivity contribution in [3.8, 4) is 0 Å². The molecule has 0 saturated heterocycles. The van der Waals surface area contributed by atoms with E-state index in [0.29, 0.717) is 18.6 Å². The van der Waals surface area contributed by atoms with Gasteiger partial charge in [-0.1, -0.05) is 18.2 Å². The van der Waals surface area contributed by atoms with Crippen LogP contribution in [-0.2, 0) is 0 Å². The number of likely N-dealkylation sites (N-methyl/N-ethyl adjacent to an activating group) is 1. The molecule has 0 atom stereocenters. The molecule has 0 aliphatic rings. The molecular formula is C22H27N5O2. The van der Waals surface area contributed by atoms with Crippen LogP contribution in [0.25, 0.3) is 5.52 Å². The van der Waals surface area contributed by atoms with E-state index in [4.69, 9.17) is 0 Å². The van der Waals surface area contributed by atoms with E-state index in [2.05, 4.69) is 10.3 Å². The van der Waals surface area contributed by atoms with Crippen LogP contribution in [0, 0.1) is 6.92 Å². The van der Waals surface area contributed by atoms with Crippen molar-refractivity contribution < 1.29 is 9.59 Å². The van der Waals surface area contributed by atoms with Gasteiger partial charge in [0.1, 0.15) is 0 Å². The number of hydrogen-bond acceptors (Lipinski definition) is 4. The Hall–Kier alpha value is -3.19. The van der Waals surface area contributed by atoms with Crippen LogP contribution in [0.3, 0.4) is 0 Å². The smallest absolute Gasteiger partial charge is 0.287 e. The molecule has 2 aromatic heterocycles. The predicted octanol–water partition coefficient (Wildman–Crippen LogP) is 2.60. The van der Waals surface area contributed by atoms with Gasteiger partial charge in [-0.2, -0.15) is 0 Å². The van der Waals surface area contributed by atoms with Crippen LogP contribution in [0.4, 0.5) is 5.69 Å². The van der Waals surface area contributed by atoms with Crippen LogP contribution < -0.4 is 10.2 Å². The molecule has 1 aromatic carbocycles. The number of amides is 2. The summed E-state index contributed by atoms with van der Waals surface area (Å²) >= 11 is 0. The number of nitrogens with one attached hydrogen (secondary N) is 1. The van der Waals surface area contributed by atoms with E-state index in [9.17, 15) is 9.59 Å². The molecule has 0 bridgehead atoms. The summed E-state index contributed by atoms with van der Waals surface area (Å²) in [6.07, 6.45) is 1.75. The van der Waals surface area contributed by atoms with E-state index in [1.807, 2.05) is 69.2 Å². The Kier molecular flexibility index (Phi) is 6.29. The molecule has 0 aliphatic carbocycles. The van der Waals surface area contributed by atoms with Crippen molar-refractivity contribution in [1.29, 1.82) is 0 Å². The largest absolute Gasteiger partial charge is 0.348 e. The van der Waals surface area contributed by atoms with Crippen molar-refractivity contribution in [2.75, 3.05) is 38.6 Å². The summed E-state index contributed by atoms with van der Waals surface area (Å²) < 4.78 is 1.67. The number of carbonyl (C=O) groups excluding carboxylic acids is 2. The predicted molar refractivity (Wildman–Crippen MR) is 115 cm³/mol. The maximum atomic E-state index is 13.4. The average molecular weight is 393 g/mol. The fourth-order valence-electron chi connectivity index (χ4n) is 3.19. The zero-order valence-corrected chi connectivity index (χ0v) is 17.3. The van der Waals surface area contributed by atoms with Gasteiger partial charge in [0.25, 0.3) is 11.8 Å². The lowest BCUT2D eigenvalue weighted by Gasteiger charge is -2.20. The summed E-state index contributed by atoms with van der Waals surface area (Å²) in [5.74, 6) is -0.317. The first kappa shape index (κ1) is 20.5. The quantitative estimate of drug-likeness (QED) is 0.670. The fourth-order valence-corrected chi connectivity index (χ4v) is 3.19. The second kappa shape index (κ2) is 8.87. The Labute approximate surface area is 171 Å². The number of nitrogens with zero attached hydrogens (tertiary/aromatic N) is 4. The molecule has 3 aromatic rings. The van der Waals surface area contributed by atoms with Crippen molar-refractivity contribution in [3.63, 3.8) is 0 Å². The lowest BCUT2D eigenvalue weighted by Crippen LogP contribution is -2.33. The number of carbonyl (C=O) groups is 2. The summed E-state index contributed by atoms with van der Waals surface area (Å²) in [7, 11) is 3.89. The third-order valence-corrected chi connectivity index (χ3v) is 4.67. The summed E-state index contributed by atoms with van der Waals surface area (Å²) in [6, 6.07) is 13.2. The highest BCUT2D eigenvalue weighted by molar-refractivity contribution is 6.10. The monoisotopic (exact) mass is 393 g/mol. The highest BCUT2D eigenvalue weighted by Gasteiger charge is 2.25. The number of aryl methyl sites for hydroxylation is 1. The fraction of sp³-hybridized carbons (Fsp3) is 0.318. The Morgan fingerprint density at radius 2 is 1.93 bits per heavy atom. The SMILES string of the molecule is CCN(C(=O)c1nc(C(=O)NCCN(C)C)n2ccccc12)c1cccc(C)c1. The second-order valence-corrected chi connectivity index (χ2v) is 7.19. The zero-order valence-electron chi connectivity index (χ0n) is 17.3. The Balaban J connectivity index is 1.97. The topological polar surface area (TPSA) is 70.0 Å². The number of hydrogen-bond donors (Lipinski definition) is 1. The van der Waals surface area contributed by atoms with Gasteiger partial charge in [0, 0.05) is 31.5 Å². The van der Waals surface area contributed by atoms with Gasteiger partial charge in [-0.15, -0.1) is 0 Å². The van der Waals surface area contributed by atoms with Gasteiger partial charge >= 0.3 is 0 Å². The Morgan fingerprint density at radius 1 is 1.14 bits per heavy atom. The van der Waals surface area contributed by atoms with Gasteiger partial charge in [-0.25, -0.2) is 4.98 Å². The third kappa shape index (κ3) is 4.46. The molecule has 1 N–H and O–H groups in total. The van der Waals surface area contributed by atoms with E-state index in [1.54, 1.807) is 21.6 Å². The number of pyridine rings is 1. The van der Waals surface area contributed by atoms with Gasteiger partial charge in [0.05, 0.1) is 5.52 Å². The molecule has 3 rings (SSSR count). The van der Waals surface area contributed by atoms with E-state index >= 15 is 0 Å². The molecule has 7 nitrogen and oxygen atoms in total. The number of rotatable bonds is 7. The highest BCUT2D eigenvalue weighted by Crippen LogP contribution is 2.21. The van der Waals surface area contributed by atoms with Crippen molar-refractivity contribution in [3.05, 3.63) is 65.7 Å². The summed E-state index contributed by atoms with van der Waals surface area (Å²) in [5, 5.41) is 2.87. The summed E-state index contributed by atoms with van der Waals surface area (Å²) in [5.41, 5.74) is 2.77. The highest BCUT2D eigenvalue weighted by atomic mass is 16.2. The van der Waals surface area contributed by atoms with E-state index in [-0.39, 0.29) is 23.3 Å². The normalized spacial score (nSPS) is 11.1. The lowest BCUT2D eigenvalue weighted by atomic mass is 10.2. The second-order valence-electron chi connectivity index (χ2n) is 7.19. The Bertz CT molecular complexity index is 1020. The molecule has 0 fully saturated rings. The number of aromatic nitrogens is 2. The van der Waals surface area contributed by atoms with E-state index < -0.39 is 0 Å². The third-order valence-electron chi connectivity index (χ3n) is 4.67. The minimum Gasteiger partial charge on any atom is -0.348 e. The van der Waals surface area contributed by atoms with E-state index in [0.717, 1.165) is 17.8 Å². The first-order valence-corrected chi connectivity index (χ1v) is 9.71. The van der Waals surface area contributed by atoms with Gasteiger partial charge in [-0.05, 0) is 57.8 Å². The molecule has 29 heavy (non-hydrogen) atoms. The van der Waals surface area contributed by atoms with Gasteiger partial charge in [0.15, 0.2) is 5.69 Å². The van der Waals surface area contributed by atoms with Crippen LogP contribution in [0.15, 0.2) is 48.7 Å². The van der Waals surface area contributed by atoms with Crippen molar-refractivity contribution >= 4 is 23.0 Å². The molecule has 2 amide bonds. The molecule has 7 heteroatoms. The van der Waals surface area contributed by atoms with Crippen LogP contribution in [0.2, 0.25) is 0 Å². The maximum absolute atomic E-state index is 13.4. The molecule has 2 heterocycles. The molecule has 0 spiro atoms. The van der Waals surface area contributed by atoms with Crippen molar-refractivity contribution in [2.45, 2.75) is 13.8 Å². The lowest BCUT2D eigenvalue weighted by molar-refractivity contribution is 0.0940. The molecule has 0 saturated carbocycles. The van der Waals surface area contributed by atoms with Gasteiger partial charge < -0.3 is 15.1 Å². The average Bonchev–Trinajstić information content (AvgIpc) is 3.08. The standard InChI is InChI=1S/C22H27N5O2/c1-5-26(17-10-8-9-16(2)15-17)22(29)19-18-11-6-7-13-27(18)20(24-19)21(28)23-12-14-25(3)4/h6-11,13,15H,5,12,14H2,1-4H3,(H,23,28). The maximum Gasteiger partial charge on any atom is 0.287 e. The Morgan fingerprint density at radius 3 is 2.62 bits per heavy atom. The van der Waals surface area contributed by atoms with Crippen LogP contribution >= 0.6 is 0 Å². The summed E-state index contributed by atoms with van der Waals surface area (Å²) in [4.78, 5) is 34.2. The van der Waals surface area contributed by atoms with Crippen molar-refractivity contribution in [2.24, 2.45) is 0 Å². The molecule has 0 radical (unpaired) electrons. The minimum absolute atomic E-state index is 0.211. The van der Waals surface area contributed by atoms with Gasteiger partial charge in [0.2, 0.25) is 5.82 Å². The first-order valence-electron chi connectivity index (χ1n) is 9.71. The molecule has 0 aliphatic heterocycles. The van der Waals surface area contributed by atoms with Crippen molar-refractivity contribution in [1.82, 2.24) is 19.6 Å². The van der Waals surface area contributed by atoms with Crippen LogP contribution in [-0.4, -0.2) is 59.8 Å². The molecule has 0 unspecified atom stereocenters. The first-order chi connectivity index (χ1) is 13.9. The molecule has 152 valence electrons. The van der Waals surface area contributed by atoms with Crippen LogP contribution in [0.1, 0.15) is 33.6 Å². The van der Waals surface area contributed by atoms with Gasteiger partial charge in [-0.3, -0.25) is 14.0 Å². The minimum atomic E-state index is -0.300. The van der Waals surface area contributed by atoms with E-state index in [1.165, 1.54) is 0 Å². The zero-order chi connectivity index (χ0) is 21.0. The summed E-state index contributed by atoms with van der Waals surface area (Å²) in [6.45, 7) is 5.63.